The fraction of sp³-hybridized carbons (Fsp3) is 0.250. The third-order valence-electron chi connectivity index (χ3n) is 3.26. The second-order valence-electron chi connectivity index (χ2n) is 4.46. The van der Waals surface area contributed by atoms with Gasteiger partial charge in [-0.25, -0.2) is 8.42 Å². The van der Waals surface area contributed by atoms with Crippen molar-refractivity contribution in [3.8, 4) is 0 Å². The molecule has 0 saturated carbocycles. The van der Waals surface area contributed by atoms with Crippen LogP contribution in [0.2, 0.25) is 5.02 Å². The highest BCUT2D eigenvalue weighted by Crippen LogP contribution is 2.37. The Kier molecular flexibility index (Phi) is 3.78. The average molecular weight is 424 g/mol. The van der Waals surface area contributed by atoms with E-state index in [1.165, 1.54) is 16.4 Å². The third kappa shape index (κ3) is 2.36. The van der Waals surface area contributed by atoms with Crippen LogP contribution in [0, 0.1) is 0 Å². The first kappa shape index (κ1) is 14.3. The zero-order chi connectivity index (χ0) is 14.3. The summed E-state index contributed by atoms with van der Waals surface area (Å²) >= 11 is 7.93. The topological polar surface area (TPSA) is 66.1 Å². The van der Waals surface area contributed by atoms with Crippen LogP contribution >= 0.6 is 34.2 Å². The number of benzene rings is 1. The van der Waals surface area contributed by atoms with Crippen molar-refractivity contribution in [1.29, 1.82) is 0 Å². The number of sulfonamides is 1. The second kappa shape index (κ2) is 5.28. The van der Waals surface area contributed by atoms with Gasteiger partial charge in [0, 0.05) is 29.2 Å². The molecule has 2 heterocycles. The molecule has 1 aromatic heterocycles. The summed E-state index contributed by atoms with van der Waals surface area (Å²) in [6, 6.07) is 6.24. The fourth-order valence-electron chi connectivity index (χ4n) is 2.20. The van der Waals surface area contributed by atoms with Gasteiger partial charge in [-0.1, -0.05) is 34.2 Å². The number of aromatic nitrogens is 2. The van der Waals surface area contributed by atoms with Gasteiger partial charge in [0.2, 0.25) is 10.0 Å². The maximum Gasteiger partial charge on any atom is 0.244 e. The highest BCUT2D eigenvalue weighted by Gasteiger charge is 2.35. The molecule has 0 bridgehead atoms. The van der Waals surface area contributed by atoms with Crippen LogP contribution < -0.4 is 0 Å². The quantitative estimate of drug-likeness (QED) is 0.459. The second-order valence-corrected chi connectivity index (χ2v) is 7.97. The van der Waals surface area contributed by atoms with Crippen LogP contribution in [0.3, 0.4) is 0 Å². The predicted molar refractivity (Wildman–Crippen MR) is 84.4 cm³/mol. The molecule has 0 aliphatic carbocycles. The molecule has 1 atom stereocenters. The van der Waals surface area contributed by atoms with E-state index in [1.807, 2.05) is 0 Å². The summed E-state index contributed by atoms with van der Waals surface area (Å²) in [6.45, 7) is 0.438. The van der Waals surface area contributed by atoms with Gasteiger partial charge in [-0.2, -0.15) is 9.40 Å². The van der Waals surface area contributed by atoms with E-state index < -0.39 is 10.0 Å². The Morgan fingerprint density at radius 3 is 2.75 bits per heavy atom. The standard InChI is InChI=1S/C12H11ClIN3O2S/c13-8-1-3-9(4-2-8)20(18,19)17-6-5-11-10(12(17)14)7-15-16-11/h1-4,7,12H,5-6H2,(H,15,16)/t12-/m1/s1. The minimum atomic E-state index is -3.52. The van der Waals surface area contributed by atoms with E-state index >= 15 is 0 Å². The van der Waals surface area contributed by atoms with Crippen molar-refractivity contribution >= 4 is 44.2 Å². The van der Waals surface area contributed by atoms with E-state index in [-0.39, 0.29) is 8.94 Å². The molecule has 8 heteroatoms. The number of alkyl halides is 1. The first-order chi connectivity index (χ1) is 9.50. The summed E-state index contributed by atoms with van der Waals surface area (Å²) in [5.41, 5.74) is 1.93. The normalized spacial score (nSPS) is 19.8. The van der Waals surface area contributed by atoms with Crippen LogP contribution in [0.15, 0.2) is 35.4 Å². The molecule has 106 valence electrons. The zero-order valence-electron chi connectivity index (χ0n) is 10.3. The molecule has 1 aromatic carbocycles. The fourth-order valence-corrected chi connectivity index (χ4v) is 5.48. The summed E-state index contributed by atoms with van der Waals surface area (Å²) in [5, 5.41) is 7.42. The predicted octanol–water partition coefficient (Wildman–Crippen LogP) is 2.74. The van der Waals surface area contributed by atoms with Gasteiger partial charge in [0.25, 0.3) is 0 Å². The third-order valence-corrected chi connectivity index (χ3v) is 7.12. The maximum atomic E-state index is 12.7. The van der Waals surface area contributed by atoms with Crippen LogP contribution in [-0.2, 0) is 16.4 Å². The minimum Gasteiger partial charge on any atom is -0.282 e. The van der Waals surface area contributed by atoms with E-state index in [2.05, 4.69) is 32.8 Å². The molecule has 0 unspecified atom stereocenters. The minimum absolute atomic E-state index is 0.254. The lowest BCUT2D eigenvalue weighted by Crippen LogP contribution is -2.37. The Morgan fingerprint density at radius 1 is 1.35 bits per heavy atom. The van der Waals surface area contributed by atoms with Crippen LogP contribution in [0.4, 0.5) is 0 Å². The lowest BCUT2D eigenvalue weighted by atomic mass is 10.1. The average Bonchev–Trinajstić information content (AvgIpc) is 2.88. The number of hydrogen-bond donors (Lipinski definition) is 1. The smallest absolute Gasteiger partial charge is 0.244 e. The molecule has 20 heavy (non-hydrogen) atoms. The first-order valence-corrected chi connectivity index (χ1v) is 9.00. The Bertz CT molecular complexity index is 729. The van der Waals surface area contributed by atoms with E-state index in [0.29, 0.717) is 18.0 Å². The van der Waals surface area contributed by atoms with Crippen molar-refractivity contribution in [2.75, 3.05) is 6.54 Å². The van der Waals surface area contributed by atoms with E-state index in [1.54, 1.807) is 18.3 Å². The first-order valence-electron chi connectivity index (χ1n) is 5.94. The molecule has 1 aliphatic rings. The van der Waals surface area contributed by atoms with Gasteiger partial charge in [-0.15, -0.1) is 0 Å². The van der Waals surface area contributed by atoms with Gasteiger partial charge in [0.05, 0.1) is 11.1 Å². The molecule has 0 saturated heterocycles. The molecule has 0 spiro atoms. The lowest BCUT2D eigenvalue weighted by Gasteiger charge is -2.30. The van der Waals surface area contributed by atoms with Crippen molar-refractivity contribution in [3.63, 3.8) is 0 Å². The SMILES string of the molecule is O=S(=O)(c1ccc(Cl)cc1)N1CCc2[nH]ncc2[C@@H]1I. The highest BCUT2D eigenvalue weighted by molar-refractivity contribution is 14.1. The van der Waals surface area contributed by atoms with Crippen molar-refractivity contribution in [2.45, 2.75) is 15.4 Å². The molecule has 3 rings (SSSR count). The number of nitrogens with one attached hydrogen (secondary N) is 1. The number of aromatic amines is 1. The number of rotatable bonds is 2. The summed E-state index contributed by atoms with van der Waals surface area (Å²) in [7, 11) is -3.52. The van der Waals surface area contributed by atoms with Crippen LogP contribution in [0.25, 0.3) is 0 Å². The number of nitrogens with zero attached hydrogens (tertiary/aromatic N) is 2. The monoisotopic (exact) mass is 423 g/mol. The van der Waals surface area contributed by atoms with E-state index in [4.69, 9.17) is 11.6 Å². The van der Waals surface area contributed by atoms with Crippen molar-refractivity contribution in [1.82, 2.24) is 14.5 Å². The van der Waals surface area contributed by atoms with Crippen LogP contribution in [-0.4, -0.2) is 29.5 Å². The number of H-pyrrole nitrogens is 1. The van der Waals surface area contributed by atoms with Gasteiger partial charge >= 0.3 is 0 Å². The van der Waals surface area contributed by atoms with E-state index in [9.17, 15) is 8.42 Å². The molecule has 5 nitrogen and oxygen atoms in total. The largest absolute Gasteiger partial charge is 0.282 e. The molecule has 2 aromatic rings. The zero-order valence-corrected chi connectivity index (χ0v) is 14.0. The van der Waals surface area contributed by atoms with Gasteiger partial charge < -0.3 is 0 Å². The van der Waals surface area contributed by atoms with Gasteiger partial charge in [-0.3, -0.25) is 5.10 Å². The number of fused-ring (bicyclic) bond motifs is 1. The summed E-state index contributed by atoms with van der Waals surface area (Å²) in [5.74, 6) is 0. The number of hydrogen-bond acceptors (Lipinski definition) is 3. The molecular formula is C12H11ClIN3O2S. The van der Waals surface area contributed by atoms with Crippen molar-refractivity contribution in [3.05, 3.63) is 46.7 Å². The van der Waals surface area contributed by atoms with Crippen LogP contribution in [0.5, 0.6) is 0 Å². The van der Waals surface area contributed by atoms with Gasteiger partial charge in [0.15, 0.2) is 0 Å². The van der Waals surface area contributed by atoms with Crippen molar-refractivity contribution < 1.29 is 8.42 Å². The van der Waals surface area contributed by atoms with Gasteiger partial charge in [-0.05, 0) is 24.3 Å². The van der Waals surface area contributed by atoms with Gasteiger partial charge in [0.1, 0.15) is 4.05 Å². The molecular weight excluding hydrogens is 413 g/mol. The summed E-state index contributed by atoms with van der Waals surface area (Å²) in [4.78, 5) is 0.260. The summed E-state index contributed by atoms with van der Waals surface area (Å²) in [6.07, 6.45) is 2.33. The Hall–Kier alpha value is -0.640. The Balaban J connectivity index is 1.99. The van der Waals surface area contributed by atoms with Crippen LogP contribution in [0.1, 0.15) is 15.3 Å². The van der Waals surface area contributed by atoms with Crippen molar-refractivity contribution in [2.24, 2.45) is 0 Å². The number of halogens is 2. The summed E-state index contributed by atoms with van der Waals surface area (Å²) < 4.78 is 26.6. The highest BCUT2D eigenvalue weighted by atomic mass is 127. The Labute approximate surface area is 135 Å². The lowest BCUT2D eigenvalue weighted by molar-refractivity contribution is 0.393. The molecule has 0 radical (unpaired) electrons. The molecule has 0 amide bonds. The Morgan fingerprint density at radius 2 is 2.05 bits per heavy atom. The van der Waals surface area contributed by atoms with E-state index in [0.717, 1.165) is 11.3 Å². The molecule has 1 aliphatic heterocycles. The maximum absolute atomic E-state index is 12.7. The molecule has 1 N–H and O–H groups in total. The molecule has 0 fully saturated rings.